The molecule has 0 saturated heterocycles. The molecule has 0 aliphatic rings. The van der Waals surface area contributed by atoms with Crippen molar-refractivity contribution in [3.8, 4) is 5.75 Å². The van der Waals surface area contributed by atoms with Crippen molar-refractivity contribution in [2.45, 2.75) is 20.3 Å². The number of nitrogens with one attached hydrogen (secondary N) is 3. The average Bonchev–Trinajstić information content (AvgIpc) is 2.81. The summed E-state index contributed by atoms with van der Waals surface area (Å²) in [6.07, 6.45) is 3.00. The average molecular weight is 473 g/mol. The number of aromatic nitrogens is 2. The number of hydrogen-bond acceptors (Lipinski definition) is 7. The van der Waals surface area contributed by atoms with Crippen molar-refractivity contribution in [2.24, 2.45) is 0 Å². The Hall–Kier alpha value is -3.59. The predicted octanol–water partition coefficient (Wildman–Crippen LogP) is 5.57. The molecule has 1 heterocycles. The molecule has 3 N–H and O–H groups in total. The minimum Gasteiger partial charge on any atom is -0.494 e. The standard InChI is InChI=1S/C23H26ClFN6O2/c1-4-8-31(5-2)20-11-21(33-3)19(10-18(20)28-14-32)30-23-12-22(26-13-27-23)29-15-6-7-17(25)16(24)9-15/h6-7,9-14H,4-5,8H2,1-3H3,(H,28,32)(H2,26,27,29,30). The van der Waals surface area contributed by atoms with Crippen LogP contribution in [-0.2, 0) is 4.79 Å². The van der Waals surface area contributed by atoms with Gasteiger partial charge in [-0.05, 0) is 37.6 Å². The van der Waals surface area contributed by atoms with E-state index in [1.54, 1.807) is 25.3 Å². The fourth-order valence-corrected chi connectivity index (χ4v) is 3.53. The Bertz CT molecular complexity index is 1110. The van der Waals surface area contributed by atoms with Crippen LogP contribution in [0.1, 0.15) is 20.3 Å². The van der Waals surface area contributed by atoms with Gasteiger partial charge in [-0.2, -0.15) is 0 Å². The summed E-state index contributed by atoms with van der Waals surface area (Å²) in [5.74, 6) is 1.07. The highest BCUT2D eigenvalue weighted by Gasteiger charge is 2.16. The first-order valence-corrected chi connectivity index (χ1v) is 10.8. The first kappa shape index (κ1) is 24.1. The Labute approximate surface area is 197 Å². The van der Waals surface area contributed by atoms with Crippen LogP contribution in [0.5, 0.6) is 5.75 Å². The van der Waals surface area contributed by atoms with Gasteiger partial charge in [-0.3, -0.25) is 4.79 Å². The number of carbonyl (C=O) groups excluding carboxylic acids is 1. The van der Waals surface area contributed by atoms with Crippen molar-refractivity contribution < 1.29 is 13.9 Å². The second-order valence-corrected chi connectivity index (χ2v) is 7.49. The van der Waals surface area contributed by atoms with Gasteiger partial charge in [-0.1, -0.05) is 18.5 Å². The molecule has 0 fully saturated rings. The molecule has 0 spiro atoms. The van der Waals surface area contributed by atoms with E-state index in [2.05, 4.69) is 44.7 Å². The summed E-state index contributed by atoms with van der Waals surface area (Å²) < 4.78 is 19.0. The maximum Gasteiger partial charge on any atom is 0.211 e. The van der Waals surface area contributed by atoms with E-state index < -0.39 is 5.82 Å². The van der Waals surface area contributed by atoms with E-state index in [0.717, 1.165) is 25.2 Å². The monoisotopic (exact) mass is 472 g/mol. The molecule has 0 saturated carbocycles. The minimum atomic E-state index is -0.497. The number of carbonyl (C=O) groups is 1. The molecule has 2 aromatic carbocycles. The fourth-order valence-electron chi connectivity index (χ4n) is 3.35. The largest absolute Gasteiger partial charge is 0.494 e. The zero-order valence-corrected chi connectivity index (χ0v) is 19.4. The van der Waals surface area contributed by atoms with Crippen molar-refractivity contribution >= 4 is 52.4 Å². The van der Waals surface area contributed by atoms with Crippen LogP contribution in [-0.4, -0.2) is 36.6 Å². The summed E-state index contributed by atoms with van der Waals surface area (Å²) in [6.45, 7) is 5.78. The first-order chi connectivity index (χ1) is 16.0. The maximum absolute atomic E-state index is 13.4. The number of nitrogens with zero attached hydrogens (tertiary/aromatic N) is 3. The van der Waals surface area contributed by atoms with Crippen molar-refractivity contribution in [1.82, 2.24) is 9.97 Å². The molecular weight excluding hydrogens is 447 g/mol. The summed E-state index contributed by atoms with van der Waals surface area (Å²) in [4.78, 5) is 21.9. The normalized spacial score (nSPS) is 10.5. The number of halogens is 2. The van der Waals surface area contributed by atoms with Crippen LogP contribution in [0.3, 0.4) is 0 Å². The van der Waals surface area contributed by atoms with Gasteiger partial charge in [-0.25, -0.2) is 14.4 Å². The Morgan fingerprint density at radius 1 is 1.09 bits per heavy atom. The van der Waals surface area contributed by atoms with Gasteiger partial charge in [0.05, 0.1) is 29.2 Å². The summed E-state index contributed by atoms with van der Waals surface area (Å²) in [7, 11) is 1.58. The Balaban J connectivity index is 1.90. The summed E-state index contributed by atoms with van der Waals surface area (Å²) in [5.41, 5.74) is 2.72. The molecule has 0 atom stereocenters. The lowest BCUT2D eigenvalue weighted by atomic mass is 10.2. The number of ether oxygens (including phenoxy) is 1. The Kier molecular flexibility index (Phi) is 8.26. The molecule has 174 valence electrons. The Morgan fingerprint density at radius 3 is 2.48 bits per heavy atom. The third kappa shape index (κ3) is 6.01. The summed E-state index contributed by atoms with van der Waals surface area (Å²) in [5, 5.41) is 9.06. The van der Waals surface area contributed by atoms with Gasteiger partial charge in [0, 0.05) is 30.9 Å². The molecule has 0 aliphatic carbocycles. The molecule has 10 heteroatoms. The van der Waals surface area contributed by atoms with E-state index in [4.69, 9.17) is 16.3 Å². The van der Waals surface area contributed by atoms with E-state index in [1.807, 2.05) is 6.07 Å². The lowest BCUT2D eigenvalue weighted by molar-refractivity contribution is -0.105. The van der Waals surface area contributed by atoms with Crippen LogP contribution in [0, 0.1) is 5.82 Å². The van der Waals surface area contributed by atoms with Crippen LogP contribution >= 0.6 is 11.6 Å². The molecule has 3 aromatic rings. The highest BCUT2D eigenvalue weighted by atomic mass is 35.5. The van der Waals surface area contributed by atoms with Crippen LogP contribution in [0.15, 0.2) is 42.7 Å². The molecule has 0 bridgehead atoms. The molecule has 8 nitrogen and oxygen atoms in total. The minimum absolute atomic E-state index is 0.0108. The number of anilines is 6. The van der Waals surface area contributed by atoms with E-state index in [-0.39, 0.29) is 5.02 Å². The third-order valence-electron chi connectivity index (χ3n) is 4.87. The van der Waals surface area contributed by atoms with Gasteiger partial charge in [-0.15, -0.1) is 0 Å². The first-order valence-electron chi connectivity index (χ1n) is 10.5. The van der Waals surface area contributed by atoms with Gasteiger partial charge < -0.3 is 25.6 Å². The molecule has 3 rings (SSSR count). The second kappa shape index (κ2) is 11.3. The molecule has 33 heavy (non-hydrogen) atoms. The maximum atomic E-state index is 13.4. The summed E-state index contributed by atoms with van der Waals surface area (Å²) >= 11 is 5.85. The summed E-state index contributed by atoms with van der Waals surface area (Å²) in [6, 6.07) is 9.68. The molecule has 0 unspecified atom stereocenters. The van der Waals surface area contributed by atoms with Crippen LogP contribution in [0.4, 0.5) is 38.8 Å². The van der Waals surface area contributed by atoms with Crippen LogP contribution < -0.4 is 25.6 Å². The van der Waals surface area contributed by atoms with Gasteiger partial charge >= 0.3 is 0 Å². The fraction of sp³-hybridized carbons (Fsp3) is 0.261. The van der Waals surface area contributed by atoms with E-state index >= 15 is 0 Å². The van der Waals surface area contributed by atoms with Crippen molar-refractivity contribution in [2.75, 3.05) is 41.0 Å². The molecule has 1 amide bonds. The van der Waals surface area contributed by atoms with Crippen molar-refractivity contribution in [3.63, 3.8) is 0 Å². The van der Waals surface area contributed by atoms with E-state index in [9.17, 15) is 9.18 Å². The number of benzene rings is 2. The SMILES string of the molecule is CCCN(CC)c1cc(OC)c(Nc2cc(Nc3ccc(F)c(Cl)c3)ncn2)cc1NC=O. The molecule has 0 radical (unpaired) electrons. The third-order valence-corrected chi connectivity index (χ3v) is 5.16. The van der Waals surface area contributed by atoms with Crippen LogP contribution in [0.25, 0.3) is 0 Å². The number of methoxy groups -OCH3 is 1. The Morgan fingerprint density at radius 2 is 1.85 bits per heavy atom. The predicted molar refractivity (Wildman–Crippen MR) is 131 cm³/mol. The number of amides is 1. The second-order valence-electron chi connectivity index (χ2n) is 7.08. The zero-order chi connectivity index (χ0) is 23.8. The van der Waals surface area contributed by atoms with Gasteiger partial charge in [0.1, 0.15) is 29.5 Å². The number of rotatable bonds is 11. The smallest absolute Gasteiger partial charge is 0.211 e. The lowest BCUT2D eigenvalue weighted by Crippen LogP contribution is -2.24. The lowest BCUT2D eigenvalue weighted by Gasteiger charge is -2.26. The van der Waals surface area contributed by atoms with Crippen molar-refractivity contribution in [3.05, 3.63) is 53.6 Å². The quantitative estimate of drug-likeness (QED) is 0.314. The highest BCUT2D eigenvalue weighted by molar-refractivity contribution is 6.31. The van der Waals surface area contributed by atoms with Gasteiger partial charge in [0.15, 0.2) is 0 Å². The number of hydrogen-bond donors (Lipinski definition) is 3. The zero-order valence-electron chi connectivity index (χ0n) is 18.7. The highest BCUT2D eigenvalue weighted by Crippen LogP contribution is 2.38. The topological polar surface area (TPSA) is 91.4 Å². The molecular formula is C23H26ClFN6O2. The molecule has 1 aromatic heterocycles. The van der Waals surface area contributed by atoms with Crippen molar-refractivity contribution in [1.29, 1.82) is 0 Å². The van der Waals surface area contributed by atoms with E-state index in [0.29, 0.717) is 40.9 Å². The van der Waals surface area contributed by atoms with Gasteiger partial charge in [0.25, 0.3) is 0 Å². The van der Waals surface area contributed by atoms with Gasteiger partial charge in [0.2, 0.25) is 6.41 Å². The van der Waals surface area contributed by atoms with Crippen LogP contribution in [0.2, 0.25) is 5.02 Å². The molecule has 0 aliphatic heterocycles. The van der Waals surface area contributed by atoms with E-state index in [1.165, 1.54) is 18.5 Å².